The van der Waals surface area contributed by atoms with Crippen molar-refractivity contribution in [1.29, 1.82) is 0 Å². The lowest BCUT2D eigenvalue weighted by Gasteiger charge is -2.05. The predicted octanol–water partition coefficient (Wildman–Crippen LogP) is 3.66. The largest absolute Gasteiger partial charge is 0.250 e. The monoisotopic (exact) mass is 337 g/mol. The van der Waals surface area contributed by atoms with Crippen LogP contribution in [0.4, 0.5) is 0 Å². The van der Waals surface area contributed by atoms with Crippen LogP contribution in [0.3, 0.4) is 0 Å². The molecule has 0 aliphatic carbocycles. The third-order valence-electron chi connectivity index (χ3n) is 2.67. The van der Waals surface area contributed by atoms with E-state index in [1.807, 2.05) is 24.3 Å². The SMILES string of the molecule is Clc1ccc(-n2nnnc2CSc2ccccn2)cc1Cl. The van der Waals surface area contributed by atoms with Crippen LogP contribution in [0.15, 0.2) is 47.6 Å². The summed E-state index contributed by atoms with van der Waals surface area (Å²) in [4.78, 5) is 4.25. The van der Waals surface area contributed by atoms with Crippen LogP contribution in [0.5, 0.6) is 0 Å². The van der Waals surface area contributed by atoms with Crippen LogP contribution >= 0.6 is 35.0 Å². The molecule has 8 heteroatoms. The third-order valence-corrected chi connectivity index (χ3v) is 4.35. The maximum absolute atomic E-state index is 6.03. The summed E-state index contributed by atoms with van der Waals surface area (Å²) in [6.07, 6.45) is 1.75. The van der Waals surface area contributed by atoms with Gasteiger partial charge in [0.1, 0.15) is 0 Å². The van der Waals surface area contributed by atoms with E-state index >= 15 is 0 Å². The summed E-state index contributed by atoms with van der Waals surface area (Å²) < 4.78 is 1.64. The minimum absolute atomic E-state index is 0.466. The van der Waals surface area contributed by atoms with E-state index in [-0.39, 0.29) is 0 Å². The molecular formula is C13H9Cl2N5S. The number of hydrogen-bond donors (Lipinski definition) is 0. The molecule has 0 aliphatic rings. The number of hydrogen-bond acceptors (Lipinski definition) is 5. The van der Waals surface area contributed by atoms with Gasteiger partial charge in [-0.15, -0.1) is 5.10 Å². The van der Waals surface area contributed by atoms with Crippen molar-refractivity contribution in [3.63, 3.8) is 0 Å². The van der Waals surface area contributed by atoms with E-state index in [9.17, 15) is 0 Å². The van der Waals surface area contributed by atoms with Gasteiger partial charge in [0.05, 0.1) is 26.5 Å². The first kappa shape index (κ1) is 14.3. The lowest BCUT2D eigenvalue weighted by atomic mass is 10.3. The number of nitrogens with zero attached hydrogens (tertiary/aromatic N) is 5. The molecule has 0 saturated heterocycles. The molecule has 0 saturated carbocycles. The summed E-state index contributed by atoms with van der Waals surface area (Å²) in [5.74, 6) is 1.31. The van der Waals surface area contributed by atoms with Gasteiger partial charge >= 0.3 is 0 Å². The number of pyridine rings is 1. The van der Waals surface area contributed by atoms with Crippen LogP contribution in [-0.4, -0.2) is 25.2 Å². The van der Waals surface area contributed by atoms with Crippen molar-refractivity contribution in [2.45, 2.75) is 10.8 Å². The van der Waals surface area contributed by atoms with Gasteiger partial charge in [-0.1, -0.05) is 41.0 Å². The molecule has 0 bridgehead atoms. The van der Waals surface area contributed by atoms with Crippen molar-refractivity contribution in [2.75, 3.05) is 0 Å². The highest BCUT2D eigenvalue weighted by atomic mass is 35.5. The van der Waals surface area contributed by atoms with Gasteiger partial charge in [-0.05, 0) is 40.8 Å². The van der Waals surface area contributed by atoms with Gasteiger partial charge in [-0.3, -0.25) is 0 Å². The Morgan fingerprint density at radius 2 is 2.00 bits per heavy atom. The van der Waals surface area contributed by atoms with Crippen molar-refractivity contribution in [3.8, 4) is 5.69 Å². The first-order valence-corrected chi connectivity index (χ1v) is 7.75. The fraction of sp³-hybridized carbons (Fsp3) is 0.0769. The molecule has 3 aromatic rings. The van der Waals surface area contributed by atoms with Gasteiger partial charge in [-0.25, -0.2) is 4.98 Å². The summed E-state index contributed by atoms with van der Waals surface area (Å²) >= 11 is 13.5. The first-order valence-electron chi connectivity index (χ1n) is 6.00. The second-order valence-corrected chi connectivity index (χ2v) is 5.87. The number of tetrazole rings is 1. The Morgan fingerprint density at radius 1 is 1.10 bits per heavy atom. The molecule has 0 atom stereocenters. The number of rotatable bonds is 4. The zero-order chi connectivity index (χ0) is 14.7. The molecule has 5 nitrogen and oxygen atoms in total. The average Bonchev–Trinajstić information content (AvgIpc) is 2.97. The smallest absolute Gasteiger partial charge is 0.166 e. The van der Waals surface area contributed by atoms with Crippen LogP contribution in [0.1, 0.15) is 5.82 Å². The highest BCUT2D eigenvalue weighted by Gasteiger charge is 2.10. The Hall–Kier alpha value is -1.63. The Balaban J connectivity index is 1.82. The molecule has 0 N–H and O–H groups in total. The number of aromatic nitrogens is 5. The van der Waals surface area contributed by atoms with E-state index in [2.05, 4.69) is 20.5 Å². The fourth-order valence-electron chi connectivity index (χ4n) is 1.68. The van der Waals surface area contributed by atoms with Crippen LogP contribution < -0.4 is 0 Å². The van der Waals surface area contributed by atoms with Gasteiger partial charge in [0.25, 0.3) is 0 Å². The summed E-state index contributed by atoms with van der Waals surface area (Å²) in [5.41, 5.74) is 0.769. The van der Waals surface area contributed by atoms with E-state index in [1.54, 1.807) is 34.8 Å². The zero-order valence-electron chi connectivity index (χ0n) is 10.6. The van der Waals surface area contributed by atoms with Gasteiger partial charge in [-0.2, -0.15) is 4.68 Å². The molecule has 106 valence electrons. The van der Waals surface area contributed by atoms with E-state index in [0.29, 0.717) is 21.6 Å². The second kappa shape index (κ2) is 6.43. The van der Waals surface area contributed by atoms with Crippen molar-refractivity contribution in [3.05, 3.63) is 58.5 Å². The van der Waals surface area contributed by atoms with E-state index in [1.165, 1.54) is 0 Å². The maximum atomic E-state index is 6.03. The number of halogens is 2. The summed E-state index contributed by atoms with van der Waals surface area (Å²) in [7, 11) is 0. The highest BCUT2D eigenvalue weighted by Crippen LogP contribution is 2.25. The van der Waals surface area contributed by atoms with Gasteiger partial charge in [0.15, 0.2) is 5.82 Å². The Kier molecular flexibility index (Phi) is 4.38. The van der Waals surface area contributed by atoms with E-state index in [0.717, 1.165) is 10.7 Å². The molecule has 0 spiro atoms. The van der Waals surface area contributed by atoms with Gasteiger partial charge < -0.3 is 0 Å². The van der Waals surface area contributed by atoms with Gasteiger partial charge in [0, 0.05) is 6.20 Å². The van der Waals surface area contributed by atoms with E-state index in [4.69, 9.17) is 23.2 Å². The Labute approximate surface area is 135 Å². The quantitative estimate of drug-likeness (QED) is 0.680. The van der Waals surface area contributed by atoms with Crippen molar-refractivity contribution >= 4 is 35.0 Å². The summed E-state index contributed by atoms with van der Waals surface area (Å²) in [6, 6.07) is 11.0. The Morgan fingerprint density at radius 3 is 2.76 bits per heavy atom. The van der Waals surface area contributed by atoms with Crippen LogP contribution in [-0.2, 0) is 5.75 Å². The molecule has 0 radical (unpaired) electrons. The number of thioether (sulfide) groups is 1. The zero-order valence-corrected chi connectivity index (χ0v) is 13.0. The summed E-state index contributed by atoms with van der Waals surface area (Å²) in [6.45, 7) is 0. The maximum Gasteiger partial charge on any atom is 0.166 e. The van der Waals surface area contributed by atoms with Crippen molar-refractivity contribution in [1.82, 2.24) is 25.2 Å². The highest BCUT2D eigenvalue weighted by molar-refractivity contribution is 7.98. The van der Waals surface area contributed by atoms with Crippen LogP contribution in [0.2, 0.25) is 10.0 Å². The Bertz CT molecular complexity index is 747. The standard InChI is InChI=1S/C13H9Cl2N5S/c14-10-5-4-9(7-11(10)15)20-12(17-18-19-20)8-21-13-3-1-2-6-16-13/h1-7H,8H2. The minimum Gasteiger partial charge on any atom is -0.250 e. The molecule has 0 amide bonds. The average molecular weight is 338 g/mol. The topological polar surface area (TPSA) is 56.5 Å². The van der Waals surface area contributed by atoms with Gasteiger partial charge in [0.2, 0.25) is 0 Å². The molecule has 2 heterocycles. The normalized spacial score (nSPS) is 10.8. The first-order chi connectivity index (χ1) is 10.2. The predicted molar refractivity (Wildman–Crippen MR) is 83.0 cm³/mol. The summed E-state index contributed by atoms with van der Waals surface area (Å²) in [5, 5.41) is 13.6. The molecular weight excluding hydrogens is 329 g/mol. The van der Waals surface area contributed by atoms with Crippen LogP contribution in [0.25, 0.3) is 5.69 Å². The molecule has 0 unspecified atom stereocenters. The molecule has 0 fully saturated rings. The molecule has 3 rings (SSSR count). The lowest BCUT2D eigenvalue weighted by molar-refractivity contribution is 0.777. The van der Waals surface area contributed by atoms with Crippen molar-refractivity contribution in [2.24, 2.45) is 0 Å². The molecule has 0 aliphatic heterocycles. The third kappa shape index (κ3) is 3.34. The lowest BCUT2D eigenvalue weighted by Crippen LogP contribution is -2.02. The molecule has 21 heavy (non-hydrogen) atoms. The molecule has 1 aromatic carbocycles. The van der Waals surface area contributed by atoms with Crippen LogP contribution in [0, 0.1) is 0 Å². The van der Waals surface area contributed by atoms with Crippen molar-refractivity contribution < 1.29 is 0 Å². The number of benzene rings is 1. The minimum atomic E-state index is 0.466. The fourth-order valence-corrected chi connectivity index (χ4v) is 2.74. The molecule has 2 aromatic heterocycles. The van der Waals surface area contributed by atoms with E-state index < -0.39 is 0 Å². The second-order valence-electron chi connectivity index (χ2n) is 4.06.